The van der Waals surface area contributed by atoms with E-state index in [2.05, 4.69) is 5.32 Å². The van der Waals surface area contributed by atoms with Crippen molar-refractivity contribution >= 4 is 5.91 Å². The summed E-state index contributed by atoms with van der Waals surface area (Å²) in [6.45, 7) is 0.524. The zero-order chi connectivity index (χ0) is 19.1. The molecule has 1 atom stereocenters. The number of carbonyl (C=O) groups excluding carboxylic acids is 1. The summed E-state index contributed by atoms with van der Waals surface area (Å²) in [5.41, 5.74) is 1.15. The van der Waals surface area contributed by atoms with E-state index in [1.807, 2.05) is 25.1 Å². The van der Waals surface area contributed by atoms with Gasteiger partial charge in [0.1, 0.15) is 17.3 Å². The molecule has 26 heavy (non-hydrogen) atoms. The monoisotopic (exact) mass is 363 g/mol. The van der Waals surface area contributed by atoms with Crippen molar-refractivity contribution in [1.82, 2.24) is 5.32 Å². The molecule has 6 nitrogen and oxygen atoms in total. The van der Waals surface area contributed by atoms with Crippen LogP contribution in [0.15, 0.2) is 36.4 Å². The molecule has 2 rings (SSSR count). The van der Waals surface area contributed by atoms with Gasteiger partial charge in [0, 0.05) is 16.7 Å². The zero-order valence-corrected chi connectivity index (χ0v) is 14.7. The third-order valence-electron chi connectivity index (χ3n) is 3.88. The Hall–Kier alpha value is -2.64. The standard InChI is InChI=1S/C19H22FNO5/c1-12(16-5-3-4-6-17(16)25-2)21-18(24)11-26-19-13(9-22)7-15(20)8-14(19)10-23/h3-8,12,22-23H,9-11H2,1-2H3,(H,21,24). The van der Waals surface area contributed by atoms with Crippen LogP contribution in [0.3, 0.4) is 0 Å². The molecule has 7 heteroatoms. The van der Waals surface area contributed by atoms with Crippen molar-refractivity contribution in [3.8, 4) is 11.5 Å². The maximum absolute atomic E-state index is 13.4. The molecule has 0 saturated carbocycles. The van der Waals surface area contributed by atoms with Crippen LogP contribution in [0.5, 0.6) is 11.5 Å². The maximum atomic E-state index is 13.4. The first kappa shape index (κ1) is 19.7. The predicted octanol–water partition coefficient (Wildman–Crippen LogP) is 2.08. The van der Waals surface area contributed by atoms with Crippen LogP contribution in [0, 0.1) is 5.82 Å². The molecule has 2 aromatic carbocycles. The molecule has 2 aromatic rings. The number of aliphatic hydroxyl groups is 2. The highest BCUT2D eigenvalue weighted by molar-refractivity contribution is 5.78. The van der Waals surface area contributed by atoms with Gasteiger partial charge in [-0.2, -0.15) is 0 Å². The average molecular weight is 363 g/mol. The summed E-state index contributed by atoms with van der Waals surface area (Å²) < 4.78 is 24.1. The van der Waals surface area contributed by atoms with Gasteiger partial charge in [0.25, 0.3) is 5.91 Å². The molecule has 0 heterocycles. The zero-order valence-electron chi connectivity index (χ0n) is 14.7. The summed E-state index contributed by atoms with van der Waals surface area (Å²) >= 11 is 0. The number of hydrogen-bond donors (Lipinski definition) is 3. The summed E-state index contributed by atoms with van der Waals surface area (Å²) in [5, 5.41) is 21.5. The minimum atomic E-state index is -0.598. The van der Waals surface area contributed by atoms with Crippen molar-refractivity contribution < 1.29 is 28.9 Å². The lowest BCUT2D eigenvalue weighted by atomic mass is 10.1. The summed E-state index contributed by atoms with van der Waals surface area (Å²) in [4.78, 5) is 12.2. The highest BCUT2D eigenvalue weighted by Gasteiger charge is 2.16. The molecule has 0 aliphatic carbocycles. The van der Waals surface area contributed by atoms with E-state index in [0.717, 1.165) is 17.7 Å². The predicted molar refractivity (Wildman–Crippen MR) is 93.3 cm³/mol. The fourth-order valence-electron chi connectivity index (χ4n) is 2.65. The molecule has 1 unspecified atom stereocenters. The van der Waals surface area contributed by atoms with E-state index in [-0.39, 0.29) is 29.5 Å². The molecule has 0 bridgehead atoms. The molecule has 0 spiro atoms. The Labute approximate surface area is 151 Å². The first-order valence-electron chi connectivity index (χ1n) is 8.08. The number of benzene rings is 2. The third-order valence-corrected chi connectivity index (χ3v) is 3.88. The highest BCUT2D eigenvalue weighted by atomic mass is 19.1. The van der Waals surface area contributed by atoms with Gasteiger partial charge >= 0.3 is 0 Å². The number of amides is 1. The Morgan fingerprint density at radius 2 is 1.81 bits per heavy atom. The molecule has 3 N–H and O–H groups in total. The number of para-hydroxylation sites is 1. The van der Waals surface area contributed by atoms with Crippen LogP contribution < -0.4 is 14.8 Å². The van der Waals surface area contributed by atoms with Crippen LogP contribution >= 0.6 is 0 Å². The molecule has 0 fully saturated rings. The van der Waals surface area contributed by atoms with Crippen molar-refractivity contribution in [2.75, 3.05) is 13.7 Å². The molecular formula is C19H22FNO5. The number of rotatable bonds is 8. The van der Waals surface area contributed by atoms with Gasteiger partial charge in [-0.3, -0.25) is 4.79 Å². The lowest BCUT2D eigenvalue weighted by molar-refractivity contribution is -0.123. The normalized spacial score (nSPS) is 11.7. The van der Waals surface area contributed by atoms with Crippen LogP contribution in [0.4, 0.5) is 4.39 Å². The van der Waals surface area contributed by atoms with Gasteiger partial charge in [-0.1, -0.05) is 18.2 Å². The minimum Gasteiger partial charge on any atom is -0.496 e. The molecule has 140 valence electrons. The van der Waals surface area contributed by atoms with E-state index in [9.17, 15) is 19.4 Å². The van der Waals surface area contributed by atoms with Gasteiger partial charge in [0.2, 0.25) is 0 Å². The molecular weight excluding hydrogens is 341 g/mol. The van der Waals surface area contributed by atoms with E-state index in [1.165, 1.54) is 0 Å². The Morgan fingerprint density at radius 3 is 2.38 bits per heavy atom. The van der Waals surface area contributed by atoms with Gasteiger partial charge in [0.15, 0.2) is 6.61 Å². The number of methoxy groups -OCH3 is 1. The van der Waals surface area contributed by atoms with Crippen LogP contribution in [0.25, 0.3) is 0 Å². The third kappa shape index (κ3) is 4.71. The number of halogens is 1. The van der Waals surface area contributed by atoms with E-state index < -0.39 is 24.9 Å². The Kier molecular flexibility index (Phi) is 6.94. The van der Waals surface area contributed by atoms with E-state index in [4.69, 9.17) is 9.47 Å². The number of aliphatic hydroxyl groups excluding tert-OH is 2. The van der Waals surface area contributed by atoms with E-state index in [1.54, 1.807) is 13.2 Å². The van der Waals surface area contributed by atoms with Crippen molar-refractivity contribution in [2.45, 2.75) is 26.2 Å². The van der Waals surface area contributed by atoms with Gasteiger partial charge in [0.05, 0.1) is 26.4 Å². The molecule has 0 aromatic heterocycles. The van der Waals surface area contributed by atoms with Crippen molar-refractivity contribution in [2.24, 2.45) is 0 Å². The largest absolute Gasteiger partial charge is 0.496 e. The lowest BCUT2D eigenvalue weighted by Crippen LogP contribution is -2.31. The minimum absolute atomic E-state index is 0.108. The highest BCUT2D eigenvalue weighted by Crippen LogP contribution is 2.27. The fraction of sp³-hybridized carbons (Fsp3) is 0.316. The topological polar surface area (TPSA) is 88.0 Å². The fourth-order valence-corrected chi connectivity index (χ4v) is 2.65. The second-order valence-corrected chi connectivity index (χ2v) is 5.69. The smallest absolute Gasteiger partial charge is 0.258 e. The van der Waals surface area contributed by atoms with Gasteiger partial charge in [-0.25, -0.2) is 4.39 Å². The first-order valence-corrected chi connectivity index (χ1v) is 8.08. The summed E-state index contributed by atoms with van der Waals surface area (Å²) in [5.74, 6) is -0.235. The van der Waals surface area contributed by atoms with Crippen LogP contribution in [0.2, 0.25) is 0 Å². The summed E-state index contributed by atoms with van der Waals surface area (Å²) in [6, 6.07) is 9.21. The van der Waals surface area contributed by atoms with E-state index >= 15 is 0 Å². The van der Waals surface area contributed by atoms with Gasteiger partial charge < -0.3 is 25.0 Å². The van der Waals surface area contributed by atoms with Crippen molar-refractivity contribution in [1.29, 1.82) is 0 Å². The number of carbonyl (C=O) groups is 1. The number of ether oxygens (including phenoxy) is 2. The average Bonchev–Trinajstić information content (AvgIpc) is 2.65. The molecule has 0 aliphatic rings. The lowest BCUT2D eigenvalue weighted by Gasteiger charge is -2.18. The van der Waals surface area contributed by atoms with Gasteiger partial charge in [-0.15, -0.1) is 0 Å². The molecule has 1 amide bonds. The molecule has 0 saturated heterocycles. The van der Waals surface area contributed by atoms with Gasteiger partial charge in [-0.05, 0) is 25.1 Å². The quantitative estimate of drug-likeness (QED) is 0.668. The second kappa shape index (κ2) is 9.17. The number of nitrogens with one attached hydrogen (secondary N) is 1. The van der Waals surface area contributed by atoms with Crippen LogP contribution in [-0.2, 0) is 18.0 Å². The SMILES string of the molecule is COc1ccccc1C(C)NC(=O)COc1c(CO)cc(F)cc1CO. The molecule has 0 radical (unpaired) electrons. The van der Waals surface area contributed by atoms with Crippen LogP contribution in [-0.4, -0.2) is 29.8 Å². The second-order valence-electron chi connectivity index (χ2n) is 5.69. The Bertz CT molecular complexity index is 740. The first-order chi connectivity index (χ1) is 12.5. The molecule has 0 aliphatic heterocycles. The van der Waals surface area contributed by atoms with Crippen LogP contribution in [0.1, 0.15) is 29.7 Å². The number of hydrogen-bond acceptors (Lipinski definition) is 5. The van der Waals surface area contributed by atoms with E-state index in [0.29, 0.717) is 5.75 Å². The maximum Gasteiger partial charge on any atom is 0.258 e. The Morgan fingerprint density at radius 1 is 1.19 bits per heavy atom. The summed E-state index contributed by atoms with van der Waals surface area (Å²) in [6.07, 6.45) is 0. The summed E-state index contributed by atoms with van der Waals surface area (Å²) in [7, 11) is 1.55. The Balaban J connectivity index is 2.05. The van der Waals surface area contributed by atoms with Crippen molar-refractivity contribution in [3.63, 3.8) is 0 Å². The van der Waals surface area contributed by atoms with Crippen molar-refractivity contribution in [3.05, 3.63) is 58.9 Å².